The predicted octanol–water partition coefficient (Wildman–Crippen LogP) is 2.04. The van der Waals surface area contributed by atoms with Crippen LogP contribution in [-0.4, -0.2) is 12.1 Å². The molecule has 0 saturated carbocycles. The zero-order chi connectivity index (χ0) is 10.7. The average molecular weight is 198 g/mol. The van der Waals surface area contributed by atoms with Crippen LogP contribution in [0.4, 0.5) is 8.78 Å². The Bertz CT molecular complexity index is 386. The second-order valence-corrected chi connectivity index (χ2v) is 2.88. The van der Waals surface area contributed by atoms with Gasteiger partial charge in [-0.3, -0.25) is 4.79 Å². The van der Waals surface area contributed by atoms with Crippen LogP contribution in [0.5, 0.6) is 0 Å². The fourth-order valence-electron chi connectivity index (χ4n) is 1.05. The van der Waals surface area contributed by atoms with Gasteiger partial charge in [0.1, 0.15) is 17.9 Å². The molecule has 0 spiro atoms. The summed E-state index contributed by atoms with van der Waals surface area (Å²) in [5.41, 5.74) is -0.245. The molecule has 0 fully saturated rings. The Morgan fingerprint density at radius 3 is 2.57 bits per heavy atom. The third kappa shape index (κ3) is 2.02. The SMILES string of the molecule is Cc1cc(F)c(C(=O)CC=O)cc1F. The van der Waals surface area contributed by atoms with Crippen molar-refractivity contribution in [3.8, 4) is 0 Å². The number of Topliss-reactive ketones (excluding diaryl/α,β-unsaturated/α-hetero) is 1. The van der Waals surface area contributed by atoms with Crippen LogP contribution in [0, 0.1) is 18.6 Å². The minimum Gasteiger partial charge on any atom is -0.303 e. The zero-order valence-corrected chi connectivity index (χ0v) is 7.51. The summed E-state index contributed by atoms with van der Waals surface area (Å²) in [6, 6.07) is 1.75. The van der Waals surface area contributed by atoms with Gasteiger partial charge in [-0.1, -0.05) is 0 Å². The van der Waals surface area contributed by atoms with Gasteiger partial charge in [-0.15, -0.1) is 0 Å². The quantitative estimate of drug-likeness (QED) is 0.423. The van der Waals surface area contributed by atoms with Crippen LogP contribution >= 0.6 is 0 Å². The Hall–Kier alpha value is -1.58. The second kappa shape index (κ2) is 4.09. The minimum atomic E-state index is -0.796. The van der Waals surface area contributed by atoms with Gasteiger partial charge < -0.3 is 4.79 Å². The first-order valence-electron chi connectivity index (χ1n) is 3.98. The van der Waals surface area contributed by atoms with Gasteiger partial charge in [0, 0.05) is 0 Å². The van der Waals surface area contributed by atoms with Crippen molar-refractivity contribution >= 4 is 12.1 Å². The fourth-order valence-corrected chi connectivity index (χ4v) is 1.05. The number of halogens is 2. The van der Waals surface area contributed by atoms with E-state index in [2.05, 4.69) is 0 Å². The fraction of sp³-hybridized carbons (Fsp3) is 0.200. The summed E-state index contributed by atoms with van der Waals surface area (Å²) in [6.45, 7) is 1.40. The normalized spacial score (nSPS) is 9.93. The number of aldehydes is 1. The Labute approximate surface area is 79.5 Å². The molecule has 4 heteroatoms. The van der Waals surface area contributed by atoms with E-state index in [0.717, 1.165) is 12.1 Å². The van der Waals surface area contributed by atoms with Crippen LogP contribution in [0.3, 0.4) is 0 Å². The topological polar surface area (TPSA) is 34.1 Å². The van der Waals surface area contributed by atoms with Crippen LogP contribution in [0.2, 0.25) is 0 Å². The lowest BCUT2D eigenvalue weighted by Crippen LogP contribution is -2.04. The number of carbonyl (C=O) groups is 2. The van der Waals surface area contributed by atoms with Crippen molar-refractivity contribution in [1.29, 1.82) is 0 Å². The standard InChI is InChI=1S/C10H8F2O2/c1-6-4-9(12)7(5-8(6)11)10(14)2-3-13/h3-5H,2H2,1H3. The van der Waals surface area contributed by atoms with Crippen LogP contribution < -0.4 is 0 Å². The predicted molar refractivity (Wildman–Crippen MR) is 46.1 cm³/mol. The molecule has 1 aromatic rings. The van der Waals surface area contributed by atoms with Crippen molar-refractivity contribution in [2.75, 3.05) is 0 Å². The summed E-state index contributed by atoms with van der Waals surface area (Å²) in [6.07, 6.45) is -0.0705. The maximum atomic E-state index is 13.1. The minimum absolute atomic E-state index is 0.130. The van der Waals surface area contributed by atoms with Crippen LogP contribution in [-0.2, 0) is 4.79 Å². The first-order valence-corrected chi connectivity index (χ1v) is 3.98. The average Bonchev–Trinajstić information content (AvgIpc) is 2.11. The van der Waals surface area contributed by atoms with Gasteiger partial charge >= 0.3 is 0 Å². The summed E-state index contributed by atoms with van der Waals surface area (Å²) >= 11 is 0. The lowest BCUT2D eigenvalue weighted by atomic mass is 10.1. The maximum absolute atomic E-state index is 13.1. The zero-order valence-electron chi connectivity index (χ0n) is 7.51. The summed E-state index contributed by atoms with van der Waals surface area (Å²) in [5.74, 6) is -2.16. The van der Waals surface area contributed by atoms with E-state index in [4.69, 9.17) is 0 Å². The summed E-state index contributed by atoms with van der Waals surface area (Å²) in [7, 11) is 0. The van der Waals surface area contributed by atoms with Crippen molar-refractivity contribution in [2.45, 2.75) is 13.3 Å². The molecule has 1 aromatic carbocycles. The molecule has 0 aliphatic rings. The third-order valence-electron chi connectivity index (χ3n) is 1.82. The number of rotatable bonds is 3. The van der Waals surface area contributed by atoms with Gasteiger partial charge in [0.2, 0.25) is 0 Å². The van der Waals surface area contributed by atoms with E-state index in [1.165, 1.54) is 6.92 Å². The van der Waals surface area contributed by atoms with E-state index in [0.29, 0.717) is 6.29 Å². The lowest BCUT2D eigenvalue weighted by Gasteiger charge is -2.02. The molecule has 0 unspecified atom stereocenters. The Kier molecular flexibility index (Phi) is 3.06. The Morgan fingerprint density at radius 1 is 1.36 bits per heavy atom. The highest BCUT2D eigenvalue weighted by molar-refractivity contribution is 6.02. The number of benzene rings is 1. The molecule has 0 bridgehead atoms. The number of ketones is 1. The van der Waals surface area contributed by atoms with E-state index >= 15 is 0 Å². The summed E-state index contributed by atoms with van der Waals surface area (Å²) < 4.78 is 26.1. The van der Waals surface area contributed by atoms with Crippen LogP contribution in [0.15, 0.2) is 12.1 Å². The van der Waals surface area contributed by atoms with Crippen molar-refractivity contribution in [1.82, 2.24) is 0 Å². The van der Waals surface area contributed by atoms with E-state index < -0.39 is 23.8 Å². The van der Waals surface area contributed by atoms with Crippen LogP contribution in [0.1, 0.15) is 22.3 Å². The molecule has 0 aromatic heterocycles. The number of hydrogen-bond acceptors (Lipinski definition) is 2. The first kappa shape index (κ1) is 10.5. The van der Waals surface area contributed by atoms with Crippen molar-refractivity contribution < 1.29 is 18.4 Å². The van der Waals surface area contributed by atoms with Gasteiger partial charge in [0.25, 0.3) is 0 Å². The highest BCUT2D eigenvalue weighted by Crippen LogP contribution is 2.15. The lowest BCUT2D eigenvalue weighted by molar-refractivity contribution is -0.107. The van der Waals surface area contributed by atoms with Gasteiger partial charge in [-0.05, 0) is 24.6 Å². The molecule has 0 heterocycles. The smallest absolute Gasteiger partial charge is 0.172 e. The molecular formula is C10H8F2O2. The molecule has 2 nitrogen and oxygen atoms in total. The Morgan fingerprint density at radius 2 is 2.00 bits per heavy atom. The van der Waals surface area contributed by atoms with E-state index in [9.17, 15) is 18.4 Å². The molecule has 0 aliphatic carbocycles. The van der Waals surface area contributed by atoms with Gasteiger partial charge in [-0.2, -0.15) is 0 Å². The first-order chi connectivity index (χ1) is 6.56. The second-order valence-electron chi connectivity index (χ2n) is 2.88. The summed E-state index contributed by atoms with van der Waals surface area (Å²) in [4.78, 5) is 21.1. The van der Waals surface area contributed by atoms with Crippen molar-refractivity contribution in [3.63, 3.8) is 0 Å². The molecule has 74 valence electrons. The highest BCUT2D eigenvalue weighted by atomic mass is 19.1. The van der Waals surface area contributed by atoms with Crippen LogP contribution in [0.25, 0.3) is 0 Å². The molecular weight excluding hydrogens is 190 g/mol. The molecule has 0 radical (unpaired) electrons. The Balaban J connectivity index is 3.15. The van der Waals surface area contributed by atoms with E-state index in [1.807, 2.05) is 0 Å². The monoisotopic (exact) mass is 198 g/mol. The molecule has 0 N–H and O–H groups in total. The largest absolute Gasteiger partial charge is 0.303 e. The third-order valence-corrected chi connectivity index (χ3v) is 1.82. The summed E-state index contributed by atoms with van der Waals surface area (Å²) in [5, 5.41) is 0. The molecule has 14 heavy (non-hydrogen) atoms. The molecule has 0 amide bonds. The molecule has 0 atom stereocenters. The van der Waals surface area contributed by atoms with Gasteiger partial charge in [-0.25, -0.2) is 8.78 Å². The maximum Gasteiger partial charge on any atom is 0.172 e. The number of carbonyl (C=O) groups excluding carboxylic acids is 2. The molecule has 1 rings (SSSR count). The number of hydrogen-bond donors (Lipinski definition) is 0. The van der Waals surface area contributed by atoms with E-state index in [-0.39, 0.29) is 11.1 Å². The highest BCUT2D eigenvalue weighted by Gasteiger charge is 2.13. The van der Waals surface area contributed by atoms with Crippen molar-refractivity contribution in [2.24, 2.45) is 0 Å². The number of aryl methyl sites for hydroxylation is 1. The van der Waals surface area contributed by atoms with Crippen molar-refractivity contribution in [3.05, 3.63) is 34.9 Å². The van der Waals surface area contributed by atoms with Gasteiger partial charge in [0.05, 0.1) is 12.0 Å². The molecule has 0 saturated heterocycles. The van der Waals surface area contributed by atoms with E-state index in [1.54, 1.807) is 0 Å². The molecule has 0 aliphatic heterocycles. The van der Waals surface area contributed by atoms with Gasteiger partial charge in [0.15, 0.2) is 5.78 Å².